The van der Waals surface area contributed by atoms with Gasteiger partial charge in [0.1, 0.15) is 0 Å². The van der Waals surface area contributed by atoms with Gasteiger partial charge in [0.05, 0.1) is 19.1 Å². The quantitative estimate of drug-likeness (QED) is 0.619. The van der Waals surface area contributed by atoms with Gasteiger partial charge in [-0.1, -0.05) is 20.8 Å². The van der Waals surface area contributed by atoms with Gasteiger partial charge in [-0.05, 0) is 12.3 Å². The standard InChI is InChI=1S/C12H24N2O/c1-5-12(6-7-13)14(8-9-15-4)10-11(2)3/h11-12H,5-6,8-10H2,1-4H3. The molecule has 0 amide bonds. The van der Waals surface area contributed by atoms with Crippen molar-refractivity contribution in [3.63, 3.8) is 0 Å². The molecule has 0 aromatic rings. The number of hydrogen-bond donors (Lipinski definition) is 0. The molecule has 0 aromatic carbocycles. The molecule has 3 nitrogen and oxygen atoms in total. The largest absolute Gasteiger partial charge is 0.383 e. The highest BCUT2D eigenvalue weighted by atomic mass is 16.5. The molecule has 88 valence electrons. The molecule has 0 bridgehead atoms. The summed E-state index contributed by atoms with van der Waals surface area (Å²) in [6.45, 7) is 9.27. The third kappa shape index (κ3) is 6.48. The van der Waals surface area contributed by atoms with Gasteiger partial charge in [-0.2, -0.15) is 5.26 Å². The first-order valence-corrected chi connectivity index (χ1v) is 5.75. The van der Waals surface area contributed by atoms with Crippen LogP contribution in [0.4, 0.5) is 0 Å². The maximum Gasteiger partial charge on any atom is 0.0638 e. The molecule has 0 saturated heterocycles. The number of nitriles is 1. The van der Waals surface area contributed by atoms with Crippen LogP contribution in [-0.2, 0) is 4.74 Å². The molecular weight excluding hydrogens is 188 g/mol. The number of rotatable bonds is 8. The van der Waals surface area contributed by atoms with E-state index in [4.69, 9.17) is 10.00 Å². The Morgan fingerprint density at radius 3 is 2.47 bits per heavy atom. The number of nitrogens with zero attached hydrogens (tertiary/aromatic N) is 2. The van der Waals surface area contributed by atoms with E-state index in [0.29, 0.717) is 18.4 Å². The Bertz CT molecular complexity index is 187. The van der Waals surface area contributed by atoms with Crippen LogP contribution in [0.2, 0.25) is 0 Å². The van der Waals surface area contributed by atoms with E-state index in [0.717, 1.165) is 26.1 Å². The van der Waals surface area contributed by atoms with Gasteiger partial charge in [0.2, 0.25) is 0 Å². The van der Waals surface area contributed by atoms with Crippen LogP contribution in [0.5, 0.6) is 0 Å². The zero-order chi connectivity index (χ0) is 11.7. The van der Waals surface area contributed by atoms with Crippen LogP contribution in [0.1, 0.15) is 33.6 Å². The molecule has 0 aliphatic heterocycles. The van der Waals surface area contributed by atoms with Gasteiger partial charge in [-0.25, -0.2) is 0 Å². The molecule has 15 heavy (non-hydrogen) atoms. The van der Waals surface area contributed by atoms with Crippen LogP contribution in [-0.4, -0.2) is 37.7 Å². The van der Waals surface area contributed by atoms with Crippen molar-refractivity contribution in [3.05, 3.63) is 0 Å². The summed E-state index contributed by atoms with van der Waals surface area (Å²) in [4.78, 5) is 2.37. The van der Waals surface area contributed by atoms with Crippen LogP contribution in [0.25, 0.3) is 0 Å². The Morgan fingerprint density at radius 1 is 1.40 bits per heavy atom. The zero-order valence-electron chi connectivity index (χ0n) is 10.5. The molecule has 0 radical (unpaired) electrons. The number of hydrogen-bond acceptors (Lipinski definition) is 3. The van der Waals surface area contributed by atoms with Gasteiger partial charge in [0, 0.05) is 26.2 Å². The van der Waals surface area contributed by atoms with E-state index in [1.165, 1.54) is 0 Å². The van der Waals surface area contributed by atoms with Crippen molar-refractivity contribution in [2.45, 2.75) is 39.7 Å². The number of methoxy groups -OCH3 is 1. The van der Waals surface area contributed by atoms with Gasteiger partial charge < -0.3 is 4.74 Å². The van der Waals surface area contributed by atoms with Crippen LogP contribution >= 0.6 is 0 Å². The van der Waals surface area contributed by atoms with Crippen molar-refractivity contribution in [1.82, 2.24) is 4.90 Å². The molecule has 0 N–H and O–H groups in total. The Hall–Kier alpha value is -0.590. The smallest absolute Gasteiger partial charge is 0.0638 e. The molecule has 0 fully saturated rings. The van der Waals surface area contributed by atoms with Crippen LogP contribution in [0.15, 0.2) is 0 Å². The topological polar surface area (TPSA) is 36.3 Å². The van der Waals surface area contributed by atoms with Crippen LogP contribution < -0.4 is 0 Å². The second kappa shape index (κ2) is 8.70. The lowest BCUT2D eigenvalue weighted by Crippen LogP contribution is -2.39. The first-order chi connectivity index (χ1) is 7.15. The maximum absolute atomic E-state index is 8.77. The minimum Gasteiger partial charge on any atom is -0.383 e. The molecule has 1 unspecified atom stereocenters. The lowest BCUT2D eigenvalue weighted by Gasteiger charge is -2.30. The van der Waals surface area contributed by atoms with Gasteiger partial charge in [-0.15, -0.1) is 0 Å². The highest BCUT2D eigenvalue weighted by molar-refractivity contribution is 4.82. The van der Waals surface area contributed by atoms with E-state index in [1.54, 1.807) is 7.11 Å². The van der Waals surface area contributed by atoms with E-state index < -0.39 is 0 Å². The molecule has 0 aromatic heterocycles. The monoisotopic (exact) mass is 212 g/mol. The molecule has 0 rings (SSSR count). The van der Waals surface area contributed by atoms with Crippen LogP contribution in [0.3, 0.4) is 0 Å². The summed E-state index contributed by atoms with van der Waals surface area (Å²) in [6.07, 6.45) is 1.65. The fraction of sp³-hybridized carbons (Fsp3) is 0.917. The van der Waals surface area contributed by atoms with E-state index in [-0.39, 0.29) is 0 Å². The third-order valence-corrected chi connectivity index (χ3v) is 2.50. The normalized spacial score (nSPS) is 13.1. The summed E-state index contributed by atoms with van der Waals surface area (Å²) >= 11 is 0. The van der Waals surface area contributed by atoms with Crippen molar-refractivity contribution in [1.29, 1.82) is 5.26 Å². The zero-order valence-corrected chi connectivity index (χ0v) is 10.5. The Balaban J connectivity index is 4.23. The summed E-state index contributed by atoms with van der Waals surface area (Å²) in [6, 6.07) is 2.65. The van der Waals surface area contributed by atoms with Gasteiger partial charge in [-0.3, -0.25) is 4.90 Å². The Morgan fingerprint density at radius 2 is 2.07 bits per heavy atom. The second-order valence-electron chi connectivity index (χ2n) is 4.31. The molecule has 0 saturated carbocycles. The fourth-order valence-electron chi connectivity index (χ4n) is 1.74. The van der Waals surface area contributed by atoms with E-state index >= 15 is 0 Å². The SMILES string of the molecule is CCC(CC#N)N(CCOC)CC(C)C. The molecule has 0 aliphatic carbocycles. The predicted molar refractivity (Wildman–Crippen MR) is 62.6 cm³/mol. The van der Waals surface area contributed by atoms with Crippen molar-refractivity contribution in [2.75, 3.05) is 26.8 Å². The Kier molecular flexibility index (Phi) is 8.35. The van der Waals surface area contributed by atoms with Crippen molar-refractivity contribution in [3.8, 4) is 6.07 Å². The molecular formula is C12H24N2O. The van der Waals surface area contributed by atoms with Crippen molar-refractivity contribution >= 4 is 0 Å². The van der Waals surface area contributed by atoms with Gasteiger partial charge in [0.25, 0.3) is 0 Å². The maximum atomic E-state index is 8.77. The third-order valence-electron chi connectivity index (χ3n) is 2.50. The van der Waals surface area contributed by atoms with Gasteiger partial charge in [0.15, 0.2) is 0 Å². The fourth-order valence-corrected chi connectivity index (χ4v) is 1.74. The lowest BCUT2D eigenvalue weighted by molar-refractivity contribution is 0.109. The molecule has 0 aliphatic rings. The first-order valence-electron chi connectivity index (χ1n) is 5.75. The molecule has 0 spiro atoms. The minimum absolute atomic E-state index is 0.382. The average molecular weight is 212 g/mol. The predicted octanol–water partition coefficient (Wildman–Crippen LogP) is 2.28. The molecule has 1 atom stereocenters. The second-order valence-corrected chi connectivity index (χ2v) is 4.31. The van der Waals surface area contributed by atoms with Crippen molar-refractivity contribution < 1.29 is 4.74 Å². The highest BCUT2D eigenvalue weighted by Gasteiger charge is 2.16. The number of ether oxygens (including phenoxy) is 1. The van der Waals surface area contributed by atoms with E-state index in [1.807, 2.05) is 0 Å². The lowest BCUT2D eigenvalue weighted by atomic mass is 10.1. The van der Waals surface area contributed by atoms with Crippen LogP contribution in [0, 0.1) is 17.2 Å². The Labute approximate surface area is 94.0 Å². The summed E-state index contributed by atoms with van der Waals surface area (Å²) < 4.78 is 5.10. The summed E-state index contributed by atoms with van der Waals surface area (Å²) in [5.74, 6) is 0.634. The summed E-state index contributed by atoms with van der Waals surface area (Å²) in [7, 11) is 1.72. The highest BCUT2D eigenvalue weighted by Crippen LogP contribution is 2.10. The first kappa shape index (κ1) is 14.4. The summed E-state index contributed by atoms with van der Waals surface area (Å²) in [5.41, 5.74) is 0. The molecule has 0 heterocycles. The van der Waals surface area contributed by atoms with Gasteiger partial charge >= 0.3 is 0 Å². The summed E-state index contributed by atoms with van der Waals surface area (Å²) in [5, 5.41) is 8.77. The van der Waals surface area contributed by atoms with E-state index in [2.05, 4.69) is 31.7 Å². The minimum atomic E-state index is 0.382. The van der Waals surface area contributed by atoms with Crippen molar-refractivity contribution in [2.24, 2.45) is 5.92 Å². The average Bonchev–Trinajstić information content (AvgIpc) is 2.20. The molecule has 3 heteroatoms. The van der Waals surface area contributed by atoms with E-state index in [9.17, 15) is 0 Å².